The van der Waals surface area contributed by atoms with Gasteiger partial charge in [-0.05, 0) is 47.4 Å². The molecule has 0 bridgehead atoms. The number of hydrogen-bond donors (Lipinski definition) is 1. The van der Waals surface area contributed by atoms with Gasteiger partial charge in [0.05, 0.1) is 14.0 Å². The summed E-state index contributed by atoms with van der Waals surface area (Å²) in [5.41, 5.74) is 0.552. The smallest absolute Gasteiger partial charge is 0.252 e. The van der Waals surface area contributed by atoms with E-state index < -0.39 is 0 Å². The Labute approximate surface area is 131 Å². The number of amides is 1. The lowest BCUT2D eigenvalue weighted by Crippen LogP contribution is -2.52. The lowest BCUT2D eigenvalue weighted by atomic mass is 9.77. The van der Waals surface area contributed by atoms with Gasteiger partial charge in [-0.25, -0.2) is 0 Å². The Morgan fingerprint density at radius 1 is 1.72 bits per heavy atom. The summed E-state index contributed by atoms with van der Waals surface area (Å²) in [5.74, 6) is 1.16. The van der Waals surface area contributed by atoms with Crippen molar-refractivity contribution in [2.24, 2.45) is 5.92 Å². The van der Waals surface area contributed by atoms with Crippen LogP contribution in [0.2, 0.25) is 0 Å². The normalized spacial score (nSPS) is 28.1. The zero-order valence-electron chi connectivity index (χ0n) is 10.3. The topological polar surface area (TPSA) is 29.1 Å². The van der Waals surface area contributed by atoms with E-state index in [-0.39, 0.29) is 11.4 Å². The minimum atomic E-state index is -0.205. The highest BCUT2D eigenvalue weighted by Crippen LogP contribution is 2.33. The predicted octanol–water partition coefficient (Wildman–Crippen LogP) is 4.27. The third-order valence-electron chi connectivity index (χ3n) is 3.56. The monoisotopic (exact) mass is 397 g/mol. The fourth-order valence-corrected chi connectivity index (χ4v) is 4.31. The van der Waals surface area contributed by atoms with Gasteiger partial charge in [-0.2, -0.15) is 0 Å². The Hall–Kier alpha value is 0.190. The molecule has 1 saturated carbocycles. The van der Waals surface area contributed by atoms with Gasteiger partial charge in [-0.3, -0.25) is 4.79 Å². The van der Waals surface area contributed by atoms with Gasteiger partial charge in [0.1, 0.15) is 0 Å². The molecule has 1 aromatic rings. The van der Waals surface area contributed by atoms with E-state index >= 15 is 0 Å². The third-order valence-corrected chi connectivity index (χ3v) is 5.86. The van der Waals surface area contributed by atoms with Crippen LogP contribution in [-0.2, 0) is 0 Å². The van der Waals surface area contributed by atoms with Crippen molar-refractivity contribution in [3.8, 4) is 0 Å². The number of carbonyl (C=O) groups excluding carboxylic acids is 1. The molecule has 0 spiro atoms. The van der Waals surface area contributed by atoms with Crippen molar-refractivity contribution in [2.45, 2.75) is 38.1 Å². The van der Waals surface area contributed by atoms with E-state index in [0.29, 0.717) is 11.8 Å². The van der Waals surface area contributed by atoms with Gasteiger partial charge >= 0.3 is 0 Å². The molecular weight excluding hydrogens is 381 g/mol. The van der Waals surface area contributed by atoms with Crippen molar-refractivity contribution < 1.29 is 4.79 Å². The molecule has 1 fully saturated rings. The van der Waals surface area contributed by atoms with Crippen molar-refractivity contribution in [1.29, 1.82) is 0 Å². The second kappa shape index (κ2) is 6.09. The van der Waals surface area contributed by atoms with Gasteiger partial charge in [-0.1, -0.05) is 19.8 Å². The average Bonchev–Trinajstić information content (AvgIpc) is 2.76. The summed E-state index contributed by atoms with van der Waals surface area (Å²) in [6.45, 7) is 2.24. The summed E-state index contributed by atoms with van der Waals surface area (Å²) in [6, 6.07) is 1.93. The maximum absolute atomic E-state index is 12.2. The molecule has 2 unspecified atom stereocenters. The number of alkyl halides is 1. The number of nitrogens with one attached hydrogen (secondary N) is 1. The summed E-state index contributed by atoms with van der Waals surface area (Å²) in [6.07, 6.45) is 4.37. The molecule has 1 N–H and O–H groups in total. The Morgan fingerprint density at radius 2 is 2.50 bits per heavy atom. The van der Waals surface area contributed by atoms with Gasteiger partial charge in [0.15, 0.2) is 0 Å². The standard InChI is InChI=1S/C13H17ClINOS/c1-9-3-2-4-13(6-9,8-14)16-12(17)10-5-11(15)18-7-10/h5,7,9H,2-4,6,8H2,1H3,(H,16,17). The van der Waals surface area contributed by atoms with Crippen LogP contribution in [0.15, 0.2) is 11.4 Å². The molecule has 1 aromatic heterocycles. The zero-order valence-corrected chi connectivity index (χ0v) is 14.1. The van der Waals surface area contributed by atoms with Crippen LogP contribution in [0.3, 0.4) is 0 Å². The second-order valence-electron chi connectivity index (χ2n) is 5.21. The highest BCUT2D eigenvalue weighted by Gasteiger charge is 2.35. The molecule has 2 nitrogen and oxygen atoms in total. The fraction of sp³-hybridized carbons (Fsp3) is 0.615. The van der Waals surface area contributed by atoms with E-state index in [0.717, 1.165) is 27.7 Å². The van der Waals surface area contributed by atoms with E-state index in [2.05, 4.69) is 34.8 Å². The molecule has 1 amide bonds. The molecule has 5 heteroatoms. The maximum Gasteiger partial charge on any atom is 0.252 e. The molecule has 0 aliphatic heterocycles. The first-order chi connectivity index (χ1) is 8.54. The van der Waals surface area contributed by atoms with E-state index in [9.17, 15) is 4.79 Å². The van der Waals surface area contributed by atoms with E-state index in [4.69, 9.17) is 11.6 Å². The number of hydrogen-bond acceptors (Lipinski definition) is 2. The van der Waals surface area contributed by atoms with Crippen molar-refractivity contribution in [2.75, 3.05) is 5.88 Å². The third kappa shape index (κ3) is 3.39. The lowest BCUT2D eigenvalue weighted by Gasteiger charge is -2.39. The van der Waals surface area contributed by atoms with Crippen LogP contribution >= 0.6 is 45.5 Å². The van der Waals surface area contributed by atoms with Gasteiger partial charge in [0, 0.05) is 11.3 Å². The second-order valence-corrected chi connectivity index (χ2v) is 8.28. The van der Waals surface area contributed by atoms with Crippen molar-refractivity contribution in [3.63, 3.8) is 0 Å². The van der Waals surface area contributed by atoms with Gasteiger partial charge in [0.25, 0.3) is 5.91 Å². The molecule has 0 saturated heterocycles. The molecular formula is C13H17ClINOS. The van der Waals surface area contributed by atoms with E-state index in [1.807, 2.05) is 11.4 Å². The first-order valence-corrected chi connectivity index (χ1v) is 8.66. The van der Waals surface area contributed by atoms with Crippen LogP contribution in [0, 0.1) is 8.80 Å². The number of rotatable bonds is 3. The summed E-state index contributed by atoms with van der Waals surface area (Å²) < 4.78 is 1.13. The molecule has 100 valence electrons. The lowest BCUT2D eigenvalue weighted by molar-refractivity contribution is 0.0868. The summed E-state index contributed by atoms with van der Waals surface area (Å²) >= 11 is 9.95. The highest BCUT2D eigenvalue weighted by molar-refractivity contribution is 14.1. The van der Waals surface area contributed by atoms with Crippen molar-refractivity contribution >= 4 is 51.4 Å². The van der Waals surface area contributed by atoms with Crippen molar-refractivity contribution in [1.82, 2.24) is 5.32 Å². The summed E-state index contributed by atoms with van der Waals surface area (Å²) in [4.78, 5) is 12.2. The molecule has 0 radical (unpaired) electrons. The van der Waals surface area contributed by atoms with Gasteiger partial charge in [0.2, 0.25) is 0 Å². The van der Waals surface area contributed by atoms with Crippen LogP contribution in [0.1, 0.15) is 43.0 Å². The summed E-state index contributed by atoms with van der Waals surface area (Å²) in [5, 5.41) is 5.08. The van der Waals surface area contributed by atoms with E-state index in [1.54, 1.807) is 11.3 Å². The first-order valence-electron chi connectivity index (χ1n) is 6.17. The largest absolute Gasteiger partial charge is 0.345 e. The Kier molecular flexibility index (Phi) is 4.94. The SMILES string of the molecule is CC1CCCC(CCl)(NC(=O)c2csc(I)c2)C1. The van der Waals surface area contributed by atoms with Crippen molar-refractivity contribution in [3.05, 3.63) is 19.9 Å². The Balaban J connectivity index is 2.08. The minimum Gasteiger partial charge on any atom is -0.345 e. The first kappa shape index (κ1) is 14.6. The zero-order chi connectivity index (χ0) is 13.2. The van der Waals surface area contributed by atoms with Crippen LogP contribution in [0.5, 0.6) is 0 Å². The molecule has 1 aliphatic carbocycles. The number of halogens is 2. The molecule has 1 aliphatic rings. The van der Waals surface area contributed by atoms with Gasteiger partial charge < -0.3 is 5.32 Å². The summed E-state index contributed by atoms with van der Waals surface area (Å²) in [7, 11) is 0. The predicted molar refractivity (Wildman–Crippen MR) is 85.6 cm³/mol. The van der Waals surface area contributed by atoms with Crippen LogP contribution in [-0.4, -0.2) is 17.3 Å². The molecule has 18 heavy (non-hydrogen) atoms. The average molecular weight is 398 g/mol. The van der Waals surface area contributed by atoms with E-state index in [1.165, 1.54) is 6.42 Å². The highest BCUT2D eigenvalue weighted by atomic mass is 127. The molecule has 1 heterocycles. The quantitative estimate of drug-likeness (QED) is 0.599. The van der Waals surface area contributed by atoms with Gasteiger partial charge in [-0.15, -0.1) is 22.9 Å². The number of thiophene rings is 1. The maximum atomic E-state index is 12.2. The van der Waals surface area contributed by atoms with Crippen LogP contribution in [0.4, 0.5) is 0 Å². The Bertz CT molecular complexity index is 436. The minimum absolute atomic E-state index is 0.0175. The molecule has 2 atom stereocenters. The fourth-order valence-electron chi connectivity index (χ4n) is 2.67. The molecule has 2 rings (SSSR count). The van der Waals surface area contributed by atoms with Crippen LogP contribution < -0.4 is 5.32 Å². The number of carbonyl (C=O) groups is 1. The molecule has 0 aromatic carbocycles. The van der Waals surface area contributed by atoms with Crippen LogP contribution in [0.25, 0.3) is 0 Å². The Morgan fingerprint density at radius 3 is 3.06 bits per heavy atom.